The molecule has 9 heteroatoms. The van der Waals surface area contributed by atoms with Crippen molar-refractivity contribution in [2.45, 2.75) is 51.1 Å². The molecule has 1 N–H and O–H groups in total. The van der Waals surface area contributed by atoms with Crippen LogP contribution in [0.25, 0.3) is 0 Å². The molecular weight excluding hydrogens is 594 g/mol. The SMILES string of the molecule is CCCNC(=O)[C@@H](Cc1ccccc1)N(Cc1ccc(Cl)cc1)C(=O)CN(c1ccc(C)cc1C)S(=O)(=O)c1ccccc1. The molecule has 2 amide bonds. The number of nitrogens with one attached hydrogen (secondary N) is 1. The lowest BCUT2D eigenvalue weighted by Crippen LogP contribution is -2.53. The van der Waals surface area contributed by atoms with Crippen LogP contribution in [0, 0.1) is 13.8 Å². The second-order valence-corrected chi connectivity index (χ2v) is 13.1. The Hall–Kier alpha value is -4.14. The van der Waals surface area contributed by atoms with Crippen LogP contribution in [-0.2, 0) is 32.6 Å². The van der Waals surface area contributed by atoms with Gasteiger partial charge < -0.3 is 10.2 Å². The lowest BCUT2D eigenvalue weighted by molar-refractivity contribution is -0.140. The number of nitrogens with zero attached hydrogens (tertiary/aromatic N) is 2. The van der Waals surface area contributed by atoms with Gasteiger partial charge in [-0.2, -0.15) is 0 Å². The summed E-state index contributed by atoms with van der Waals surface area (Å²) in [5.41, 5.74) is 3.71. The average Bonchev–Trinajstić information content (AvgIpc) is 3.02. The van der Waals surface area contributed by atoms with E-state index in [0.29, 0.717) is 22.8 Å². The van der Waals surface area contributed by atoms with Crippen molar-refractivity contribution in [1.82, 2.24) is 10.2 Å². The number of rotatable bonds is 13. The maximum atomic E-state index is 14.5. The Bertz CT molecular complexity index is 1660. The topological polar surface area (TPSA) is 86.8 Å². The predicted molar refractivity (Wildman–Crippen MR) is 176 cm³/mol. The summed E-state index contributed by atoms with van der Waals surface area (Å²) < 4.78 is 29.4. The number of aryl methyl sites for hydroxylation is 2. The third-order valence-electron chi connectivity index (χ3n) is 7.32. The zero-order valence-electron chi connectivity index (χ0n) is 25.2. The summed E-state index contributed by atoms with van der Waals surface area (Å²) in [6.07, 6.45) is 0.982. The minimum absolute atomic E-state index is 0.0681. The highest BCUT2D eigenvalue weighted by Crippen LogP contribution is 2.28. The second-order valence-electron chi connectivity index (χ2n) is 10.8. The van der Waals surface area contributed by atoms with E-state index in [1.54, 1.807) is 48.5 Å². The van der Waals surface area contributed by atoms with E-state index in [9.17, 15) is 18.0 Å². The molecule has 0 aliphatic rings. The maximum absolute atomic E-state index is 14.5. The van der Waals surface area contributed by atoms with Crippen LogP contribution in [0.4, 0.5) is 5.69 Å². The summed E-state index contributed by atoms with van der Waals surface area (Å²) in [4.78, 5) is 29.7. The van der Waals surface area contributed by atoms with E-state index in [1.807, 2.05) is 63.2 Å². The molecule has 0 saturated carbocycles. The van der Waals surface area contributed by atoms with Gasteiger partial charge in [0.05, 0.1) is 10.6 Å². The average molecular weight is 632 g/mol. The van der Waals surface area contributed by atoms with Gasteiger partial charge in [-0.05, 0) is 67.3 Å². The highest BCUT2D eigenvalue weighted by molar-refractivity contribution is 7.92. The van der Waals surface area contributed by atoms with Crippen molar-refractivity contribution >= 4 is 39.1 Å². The predicted octanol–water partition coefficient (Wildman–Crippen LogP) is 6.32. The van der Waals surface area contributed by atoms with Gasteiger partial charge in [0.1, 0.15) is 12.6 Å². The Morgan fingerprint density at radius 3 is 2.09 bits per heavy atom. The molecule has 0 heterocycles. The Labute approximate surface area is 265 Å². The lowest BCUT2D eigenvalue weighted by atomic mass is 10.0. The van der Waals surface area contributed by atoms with Gasteiger partial charge in [0.2, 0.25) is 11.8 Å². The monoisotopic (exact) mass is 631 g/mol. The number of benzene rings is 4. The zero-order chi connectivity index (χ0) is 31.7. The highest BCUT2D eigenvalue weighted by Gasteiger charge is 2.35. The molecule has 0 radical (unpaired) electrons. The standard InChI is InChI=1S/C35H38ClN3O4S/c1-4-21-37-35(41)33(23-28-11-7-5-8-12-28)38(24-29-16-18-30(36)19-17-29)34(40)25-39(32-20-15-26(2)22-27(32)3)44(42,43)31-13-9-6-10-14-31/h5-20,22,33H,4,21,23-25H2,1-3H3,(H,37,41)/t33-/m1/s1. The van der Waals surface area contributed by atoms with Gasteiger partial charge in [0.15, 0.2) is 0 Å². The van der Waals surface area contributed by atoms with E-state index in [0.717, 1.165) is 27.4 Å². The third-order valence-corrected chi connectivity index (χ3v) is 9.34. The number of carbonyl (C=O) groups is 2. The molecule has 1 atom stereocenters. The van der Waals surface area contributed by atoms with E-state index in [2.05, 4.69) is 5.32 Å². The van der Waals surface area contributed by atoms with Crippen molar-refractivity contribution in [2.75, 3.05) is 17.4 Å². The summed E-state index contributed by atoms with van der Waals surface area (Å²) in [7, 11) is -4.15. The first kappa shape index (κ1) is 32.8. The largest absolute Gasteiger partial charge is 0.354 e. The molecule has 4 aromatic carbocycles. The number of anilines is 1. The van der Waals surface area contributed by atoms with Gasteiger partial charge in [-0.1, -0.05) is 96.9 Å². The molecule has 0 bridgehead atoms. The third kappa shape index (κ3) is 8.27. The summed E-state index contributed by atoms with van der Waals surface area (Å²) in [5.74, 6) is -0.811. The molecule has 0 unspecified atom stereocenters. The first-order valence-corrected chi connectivity index (χ1v) is 16.4. The zero-order valence-corrected chi connectivity index (χ0v) is 26.8. The molecule has 4 rings (SSSR count). The van der Waals surface area contributed by atoms with Crippen molar-refractivity contribution in [1.29, 1.82) is 0 Å². The first-order valence-electron chi connectivity index (χ1n) is 14.6. The number of hydrogen-bond donors (Lipinski definition) is 1. The van der Waals surface area contributed by atoms with Gasteiger partial charge in [-0.3, -0.25) is 13.9 Å². The molecule has 0 aliphatic carbocycles. The molecule has 230 valence electrons. The van der Waals surface area contributed by atoms with Crippen molar-refractivity contribution in [2.24, 2.45) is 0 Å². The number of halogens is 1. The molecule has 0 fully saturated rings. The number of sulfonamides is 1. The maximum Gasteiger partial charge on any atom is 0.264 e. The van der Waals surface area contributed by atoms with Crippen LogP contribution in [0.5, 0.6) is 0 Å². The molecule has 7 nitrogen and oxygen atoms in total. The number of amides is 2. The van der Waals surface area contributed by atoms with Crippen LogP contribution in [0.3, 0.4) is 0 Å². The Kier molecular flexibility index (Phi) is 11.2. The number of hydrogen-bond acceptors (Lipinski definition) is 4. The molecule has 4 aromatic rings. The number of carbonyl (C=O) groups excluding carboxylic acids is 2. The van der Waals surface area contributed by atoms with Crippen molar-refractivity contribution < 1.29 is 18.0 Å². The molecule has 0 aromatic heterocycles. The summed E-state index contributed by atoms with van der Waals surface area (Å²) in [6, 6.07) is 29.1. The normalized spacial score (nSPS) is 11.9. The minimum atomic E-state index is -4.15. The fourth-order valence-electron chi connectivity index (χ4n) is 5.02. The van der Waals surface area contributed by atoms with Crippen molar-refractivity contribution in [3.05, 3.63) is 130 Å². The quantitative estimate of drug-likeness (QED) is 0.187. The lowest BCUT2D eigenvalue weighted by Gasteiger charge is -2.34. The molecule has 44 heavy (non-hydrogen) atoms. The smallest absolute Gasteiger partial charge is 0.264 e. The Balaban J connectivity index is 1.81. The first-order chi connectivity index (χ1) is 21.1. The van der Waals surface area contributed by atoms with Crippen LogP contribution < -0.4 is 9.62 Å². The minimum Gasteiger partial charge on any atom is -0.354 e. The van der Waals surface area contributed by atoms with Gasteiger partial charge >= 0.3 is 0 Å². The van der Waals surface area contributed by atoms with Crippen LogP contribution in [-0.4, -0.2) is 44.3 Å². The van der Waals surface area contributed by atoms with Crippen molar-refractivity contribution in [3.63, 3.8) is 0 Å². The summed E-state index contributed by atoms with van der Waals surface area (Å²) in [6.45, 7) is 5.74. The van der Waals surface area contributed by atoms with E-state index in [-0.39, 0.29) is 23.8 Å². The molecular formula is C35H38ClN3O4S. The van der Waals surface area contributed by atoms with Crippen LogP contribution in [0.1, 0.15) is 35.6 Å². The van der Waals surface area contributed by atoms with Gasteiger partial charge in [0, 0.05) is 24.5 Å². The fourth-order valence-corrected chi connectivity index (χ4v) is 6.65. The van der Waals surface area contributed by atoms with Gasteiger partial charge in [-0.25, -0.2) is 8.42 Å². The van der Waals surface area contributed by atoms with E-state index in [1.165, 1.54) is 17.0 Å². The van der Waals surface area contributed by atoms with Gasteiger partial charge in [0.25, 0.3) is 10.0 Å². The molecule has 0 spiro atoms. The summed E-state index contributed by atoms with van der Waals surface area (Å²) in [5, 5.41) is 3.50. The Morgan fingerprint density at radius 1 is 0.841 bits per heavy atom. The van der Waals surface area contributed by atoms with E-state index in [4.69, 9.17) is 11.6 Å². The van der Waals surface area contributed by atoms with Crippen LogP contribution in [0.2, 0.25) is 5.02 Å². The highest BCUT2D eigenvalue weighted by atomic mass is 35.5. The summed E-state index contributed by atoms with van der Waals surface area (Å²) >= 11 is 6.14. The second kappa shape index (κ2) is 15.0. The van der Waals surface area contributed by atoms with E-state index >= 15 is 0 Å². The fraction of sp³-hybridized carbons (Fsp3) is 0.257. The van der Waals surface area contributed by atoms with Crippen molar-refractivity contribution in [3.8, 4) is 0 Å². The van der Waals surface area contributed by atoms with Crippen LogP contribution in [0.15, 0.2) is 108 Å². The Morgan fingerprint density at radius 2 is 1.48 bits per heavy atom. The molecule has 0 aliphatic heterocycles. The molecule has 0 saturated heterocycles. The van der Waals surface area contributed by atoms with E-state index < -0.39 is 28.5 Å². The van der Waals surface area contributed by atoms with Crippen LogP contribution >= 0.6 is 11.6 Å². The van der Waals surface area contributed by atoms with Gasteiger partial charge in [-0.15, -0.1) is 0 Å².